The topological polar surface area (TPSA) is 66.4 Å². The number of aliphatic hydroxyl groups excluding tert-OH is 1. The first kappa shape index (κ1) is 14.0. The first-order chi connectivity index (χ1) is 8.15. The lowest BCUT2D eigenvalue weighted by Gasteiger charge is -2.05. The second-order valence-electron chi connectivity index (χ2n) is 3.13. The summed E-state index contributed by atoms with van der Waals surface area (Å²) < 4.78 is 0. The van der Waals surface area contributed by atoms with E-state index in [4.69, 9.17) is 16.7 Å². The number of rotatable bonds is 5. The molecule has 0 aliphatic heterocycles. The molecule has 0 spiro atoms. The van der Waals surface area contributed by atoms with E-state index >= 15 is 0 Å². The molecule has 6 heteroatoms. The summed E-state index contributed by atoms with van der Waals surface area (Å²) in [7, 11) is 0. The van der Waals surface area contributed by atoms with Gasteiger partial charge in [0, 0.05) is 5.75 Å². The number of nitrogens with one attached hydrogen (secondary N) is 1. The van der Waals surface area contributed by atoms with Crippen molar-refractivity contribution in [1.82, 2.24) is 5.32 Å². The maximum Gasteiger partial charge on any atom is 0.259 e. The number of aliphatic hydroxyl groups is 1. The fraction of sp³-hybridized carbons (Fsp3) is 0.273. The molecule has 1 aromatic carbocycles. The Morgan fingerprint density at radius 2 is 2.06 bits per heavy atom. The van der Waals surface area contributed by atoms with Gasteiger partial charge in [0.1, 0.15) is 0 Å². The largest absolute Gasteiger partial charge is 0.396 e. The predicted molar refractivity (Wildman–Crippen MR) is 68.3 cm³/mol. The highest BCUT2D eigenvalue weighted by atomic mass is 35.5. The van der Waals surface area contributed by atoms with Crippen molar-refractivity contribution in [2.45, 2.75) is 0 Å². The summed E-state index contributed by atoms with van der Waals surface area (Å²) in [6.07, 6.45) is 0. The lowest BCUT2D eigenvalue weighted by molar-refractivity contribution is -0.117. The van der Waals surface area contributed by atoms with Crippen LogP contribution in [0.4, 0.5) is 0 Å². The first-order valence-electron chi connectivity index (χ1n) is 4.92. The highest BCUT2D eigenvalue weighted by Crippen LogP contribution is 2.14. The summed E-state index contributed by atoms with van der Waals surface area (Å²) in [6.45, 7) is 0.0103. The van der Waals surface area contributed by atoms with E-state index in [1.54, 1.807) is 24.3 Å². The average molecular weight is 274 g/mol. The Morgan fingerprint density at radius 3 is 2.71 bits per heavy atom. The Kier molecular flexibility index (Phi) is 6.04. The molecule has 0 atom stereocenters. The number of amides is 2. The Morgan fingerprint density at radius 1 is 1.35 bits per heavy atom. The monoisotopic (exact) mass is 273 g/mol. The fourth-order valence-corrected chi connectivity index (χ4v) is 1.86. The zero-order valence-corrected chi connectivity index (χ0v) is 10.6. The molecule has 0 saturated heterocycles. The van der Waals surface area contributed by atoms with Gasteiger partial charge in [-0.3, -0.25) is 14.9 Å². The zero-order chi connectivity index (χ0) is 12.7. The summed E-state index contributed by atoms with van der Waals surface area (Å²) >= 11 is 7.07. The fourth-order valence-electron chi connectivity index (χ4n) is 1.10. The zero-order valence-electron chi connectivity index (χ0n) is 8.98. The second-order valence-corrected chi connectivity index (χ2v) is 4.65. The van der Waals surface area contributed by atoms with Crippen molar-refractivity contribution >= 4 is 35.2 Å². The predicted octanol–water partition coefficient (Wildman–Crippen LogP) is 1.32. The molecule has 0 unspecified atom stereocenters. The van der Waals surface area contributed by atoms with Crippen LogP contribution in [0.15, 0.2) is 24.3 Å². The van der Waals surface area contributed by atoms with E-state index in [1.807, 2.05) is 0 Å². The maximum atomic E-state index is 11.6. The van der Waals surface area contributed by atoms with Crippen LogP contribution in [0.5, 0.6) is 0 Å². The van der Waals surface area contributed by atoms with E-state index in [1.165, 1.54) is 11.8 Å². The van der Waals surface area contributed by atoms with E-state index in [0.29, 0.717) is 10.8 Å². The maximum absolute atomic E-state index is 11.6. The molecule has 0 bridgehead atoms. The van der Waals surface area contributed by atoms with E-state index < -0.39 is 11.8 Å². The third-order valence-corrected chi connectivity index (χ3v) is 3.11. The summed E-state index contributed by atoms with van der Waals surface area (Å²) in [6, 6.07) is 6.51. The van der Waals surface area contributed by atoms with Crippen LogP contribution in [0.2, 0.25) is 5.02 Å². The van der Waals surface area contributed by atoms with Gasteiger partial charge < -0.3 is 5.11 Å². The number of imide groups is 1. The minimum atomic E-state index is -0.509. The van der Waals surface area contributed by atoms with Gasteiger partial charge in [-0.05, 0) is 12.1 Å². The Labute approximate surface area is 108 Å². The number of thioether (sulfide) groups is 1. The van der Waals surface area contributed by atoms with Crippen LogP contribution >= 0.6 is 23.4 Å². The van der Waals surface area contributed by atoms with Gasteiger partial charge in [0.15, 0.2) is 0 Å². The van der Waals surface area contributed by atoms with Gasteiger partial charge in [-0.25, -0.2) is 0 Å². The summed E-state index contributed by atoms with van der Waals surface area (Å²) in [5.74, 6) is -0.302. The Hall–Kier alpha value is -1.04. The van der Waals surface area contributed by atoms with Crippen molar-refractivity contribution in [2.75, 3.05) is 18.1 Å². The SMILES string of the molecule is O=C(CSCCO)NC(=O)c1ccccc1Cl. The van der Waals surface area contributed by atoms with Gasteiger partial charge >= 0.3 is 0 Å². The smallest absolute Gasteiger partial charge is 0.259 e. The van der Waals surface area contributed by atoms with Crippen molar-refractivity contribution in [3.05, 3.63) is 34.9 Å². The number of benzene rings is 1. The molecule has 1 rings (SSSR count). The minimum Gasteiger partial charge on any atom is -0.396 e. The number of hydrogen-bond acceptors (Lipinski definition) is 4. The minimum absolute atomic E-state index is 0.0103. The van der Waals surface area contributed by atoms with Crippen LogP contribution in [0.25, 0.3) is 0 Å². The van der Waals surface area contributed by atoms with Crippen LogP contribution < -0.4 is 5.32 Å². The van der Waals surface area contributed by atoms with Crippen LogP contribution in [0.1, 0.15) is 10.4 Å². The van der Waals surface area contributed by atoms with E-state index in [-0.39, 0.29) is 17.9 Å². The second kappa shape index (κ2) is 7.32. The molecule has 0 radical (unpaired) electrons. The molecule has 0 aliphatic rings. The molecular weight excluding hydrogens is 262 g/mol. The van der Waals surface area contributed by atoms with Gasteiger partial charge in [-0.1, -0.05) is 23.7 Å². The third kappa shape index (κ3) is 4.77. The quantitative estimate of drug-likeness (QED) is 0.794. The normalized spacial score (nSPS) is 10.0. The highest BCUT2D eigenvalue weighted by Gasteiger charge is 2.12. The first-order valence-corrected chi connectivity index (χ1v) is 6.45. The van der Waals surface area contributed by atoms with E-state index in [9.17, 15) is 9.59 Å². The molecule has 0 saturated carbocycles. The van der Waals surface area contributed by atoms with Crippen molar-refractivity contribution in [3.8, 4) is 0 Å². The summed E-state index contributed by atoms with van der Waals surface area (Å²) in [5, 5.41) is 11.1. The van der Waals surface area contributed by atoms with Gasteiger partial charge in [0.2, 0.25) is 5.91 Å². The average Bonchev–Trinajstić information content (AvgIpc) is 2.29. The number of halogens is 1. The van der Waals surface area contributed by atoms with E-state index in [2.05, 4.69) is 5.32 Å². The van der Waals surface area contributed by atoms with Crippen LogP contribution in [-0.2, 0) is 4.79 Å². The van der Waals surface area contributed by atoms with Crippen molar-refractivity contribution in [2.24, 2.45) is 0 Å². The van der Waals surface area contributed by atoms with Gasteiger partial charge in [-0.2, -0.15) is 0 Å². The van der Waals surface area contributed by atoms with Crippen LogP contribution in [0, 0.1) is 0 Å². The molecule has 4 nitrogen and oxygen atoms in total. The Balaban J connectivity index is 2.49. The lowest BCUT2D eigenvalue weighted by Crippen LogP contribution is -2.32. The summed E-state index contributed by atoms with van der Waals surface area (Å²) in [4.78, 5) is 23.0. The summed E-state index contributed by atoms with van der Waals surface area (Å²) in [5.41, 5.74) is 0.273. The van der Waals surface area contributed by atoms with Crippen molar-refractivity contribution < 1.29 is 14.7 Å². The Bertz CT molecular complexity index is 411. The molecule has 92 valence electrons. The van der Waals surface area contributed by atoms with Crippen LogP contribution in [-0.4, -0.2) is 35.0 Å². The standard InChI is InChI=1S/C11H12ClNO3S/c12-9-4-2-1-3-8(9)11(16)13-10(15)7-17-6-5-14/h1-4,14H,5-7H2,(H,13,15,16). The van der Waals surface area contributed by atoms with Crippen LogP contribution in [0.3, 0.4) is 0 Å². The molecule has 0 aromatic heterocycles. The molecule has 0 aliphatic carbocycles. The molecule has 0 heterocycles. The molecule has 2 amide bonds. The van der Waals surface area contributed by atoms with Crippen molar-refractivity contribution in [1.29, 1.82) is 0 Å². The van der Waals surface area contributed by atoms with Gasteiger partial charge in [0.05, 0.1) is 22.9 Å². The molecular formula is C11H12ClNO3S. The van der Waals surface area contributed by atoms with Gasteiger partial charge in [0.25, 0.3) is 5.91 Å². The number of carbonyl (C=O) groups is 2. The molecule has 1 aromatic rings. The third-order valence-electron chi connectivity index (χ3n) is 1.84. The highest BCUT2D eigenvalue weighted by molar-refractivity contribution is 7.99. The van der Waals surface area contributed by atoms with Gasteiger partial charge in [-0.15, -0.1) is 11.8 Å². The van der Waals surface area contributed by atoms with E-state index in [0.717, 1.165) is 0 Å². The molecule has 2 N–H and O–H groups in total. The van der Waals surface area contributed by atoms with Crippen molar-refractivity contribution in [3.63, 3.8) is 0 Å². The molecule has 17 heavy (non-hydrogen) atoms. The molecule has 0 fully saturated rings. The lowest BCUT2D eigenvalue weighted by atomic mass is 10.2. The number of carbonyl (C=O) groups excluding carboxylic acids is 2. The number of hydrogen-bond donors (Lipinski definition) is 2.